The molecule has 0 unspecified atom stereocenters. The van der Waals surface area contributed by atoms with Gasteiger partial charge in [-0.05, 0) is 0 Å². The molecule has 1 aromatic heterocycles. The molecule has 0 radical (unpaired) electrons. The van der Waals surface area contributed by atoms with Crippen molar-refractivity contribution in [3.8, 4) is 0 Å². The van der Waals surface area contributed by atoms with E-state index in [9.17, 15) is 4.79 Å². The summed E-state index contributed by atoms with van der Waals surface area (Å²) in [5.41, 5.74) is 2.02. The first-order chi connectivity index (χ1) is 8.10. The predicted octanol–water partition coefficient (Wildman–Crippen LogP) is 2.42. The molecule has 0 saturated carbocycles. The van der Waals surface area contributed by atoms with Crippen LogP contribution in [-0.2, 0) is 12.0 Å². The predicted molar refractivity (Wildman–Crippen MR) is 73.3 cm³/mol. The monoisotopic (exact) mass is 247 g/mol. The summed E-state index contributed by atoms with van der Waals surface area (Å²) in [5, 5.41) is 0. The summed E-state index contributed by atoms with van der Waals surface area (Å²) >= 11 is 0. The summed E-state index contributed by atoms with van der Waals surface area (Å²) in [7, 11) is 0. The van der Waals surface area contributed by atoms with Crippen molar-refractivity contribution in [3.63, 3.8) is 0 Å². The van der Waals surface area contributed by atoms with E-state index in [0.717, 1.165) is 17.2 Å². The van der Waals surface area contributed by atoms with Crippen molar-refractivity contribution in [2.45, 2.75) is 53.5 Å². The highest BCUT2D eigenvalue weighted by molar-refractivity contribution is 6.06. The molecule has 4 nitrogen and oxygen atoms in total. The molecule has 0 aliphatic carbocycles. The Morgan fingerprint density at radius 1 is 1.06 bits per heavy atom. The lowest BCUT2D eigenvalue weighted by molar-refractivity contribution is 0.538. The molecule has 2 rings (SSSR count). The summed E-state index contributed by atoms with van der Waals surface area (Å²) in [6.07, 6.45) is 0. The molecule has 1 aromatic rings. The number of nitrogens with zero attached hydrogens (tertiary/aromatic N) is 2. The number of hydrogen-bond donors (Lipinski definition) is 1. The number of aromatic nitrogens is 2. The van der Waals surface area contributed by atoms with Gasteiger partial charge < -0.3 is 4.98 Å². The van der Waals surface area contributed by atoms with E-state index in [-0.39, 0.29) is 16.4 Å². The van der Waals surface area contributed by atoms with E-state index in [4.69, 9.17) is 0 Å². The summed E-state index contributed by atoms with van der Waals surface area (Å²) < 4.78 is 0. The van der Waals surface area contributed by atoms with E-state index >= 15 is 0 Å². The van der Waals surface area contributed by atoms with Crippen LogP contribution in [0, 0.1) is 5.41 Å². The zero-order chi connectivity index (χ0) is 13.7. The molecule has 0 saturated heterocycles. The Bertz CT molecular complexity index is 568. The fourth-order valence-electron chi connectivity index (χ4n) is 2.08. The Labute approximate surface area is 108 Å². The molecule has 2 heterocycles. The van der Waals surface area contributed by atoms with Crippen LogP contribution in [0.1, 0.15) is 58.6 Å². The van der Waals surface area contributed by atoms with Crippen molar-refractivity contribution in [1.82, 2.24) is 9.97 Å². The largest absolute Gasteiger partial charge is 0.310 e. The highest BCUT2D eigenvalue weighted by atomic mass is 16.1. The molecular formula is C14H21N3O. The molecule has 0 bridgehead atoms. The van der Waals surface area contributed by atoms with Gasteiger partial charge in [0.05, 0.1) is 23.5 Å². The third kappa shape index (κ3) is 2.11. The van der Waals surface area contributed by atoms with Gasteiger partial charge >= 0.3 is 0 Å². The highest BCUT2D eigenvalue weighted by Gasteiger charge is 2.31. The van der Waals surface area contributed by atoms with Crippen LogP contribution < -0.4 is 5.56 Å². The lowest BCUT2D eigenvalue weighted by Crippen LogP contribution is -2.31. The molecule has 1 aliphatic heterocycles. The topological polar surface area (TPSA) is 58.1 Å². The summed E-state index contributed by atoms with van der Waals surface area (Å²) in [4.78, 5) is 24.2. The Balaban J connectivity index is 2.59. The van der Waals surface area contributed by atoms with Crippen LogP contribution in [0.25, 0.3) is 0 Å². The Morgan fingerprint density at radius 2 is 1.67 bits per heavy atom. The minimum atomic E-state index is -0.154. The molecule has 0 amide bonds. The summed E-state index contributed by atoms with van der Waals surface area (Å²) in [5.74, 6) is 0.733. The summed E-state index contributed by atoms with van der Waals surface area (Å²) in [6, 6.07) is 0. The van der Waals surface area contributed by atoms with Gasteiger partial charge in [0.15, 0.2) is 0 Å². The molecule has 98 valence electrons. The first-order valence-corrected chi connectivity index (χ1v) is 6.29. The minimum absolute atomic E-state index is 0.0592. The van der Waals surface area contributed by atoms with Gasteiger partial charge in [-0.2, -0.15) is 0 Å². The second-order valence-electron chi connectivity index (χ2n) is 6.90. The molecule has 1 N–H and O–H groups in total. The molecule has 4 heteroatoms. The smallest absolute Gasteiger partial charge is 0.260 e. The number of aliphatic imine (C=N–C) groups is 1. The van der Waals surface area contributed by atoms with Crippen LogP contribution >= 0.6 is 0 Å². The van der Waals surface area contributed by atoms with Crippen molar-refractivity contribution in [2.75, 3.05) is 0 Å². The second kappa shape index (κ2) is 3.77. The molecule has 0 aromatic carbocycles. The van der Waals surface area contributed by atoms with Crippen molar-refractivity contribution in [1.29, 1.82) is 0 Å². The van der Waals surface area contributed by atoms with Gasteiger partial charge in [0.2, 0.25) is 0 Å². The lowest BCUT2D eigenvalue weighted by atomic mass is 9.86. The molecule has 1 aliphatic rings. The van der Waals surface area contributed by atoms with Gasteiger partial charge in [-0.25, -0.2) is 4.98 Å². The van der Waals surface area contributed by atoms with Gasteiger partial charge in [-0.15, -0.1) is 0 Å². The number of hydrogen-bond acceptors (Lipinski definition) is 3. The number of H-pyrrole nitrogens is 1. The van der Waals surface area contributed by atoms with Gasteiger partial charge in [0.25, 0.3) is 5.56 Å². The average Bonchev–Trinajstić information content (AvgIpc) is 2.59. The third-order valence-electron chi connectivity index (χ3n) is 3.04. The highest BCUT2D eigenvalue weighted by Crippen LogP contribution is 2.27. The maximum Gasteiger partial charge on any atom is 0.260 e. The fraction of sp³-hybridized carbons (Fsp3) is 0.643. The standard InChI is InChI=1S/C14H21N3O/c1-13(2,3)10-9-8(7-15-10)16-12(14(4,5)6)17-11(9)18/h7H2,1-6H3,(H,16,17,18). The maximum absolute atomic E-state index is 12.3. The quantitative estimate of drug-likeness (QED) is 0.765. The van der Waals surface area contributed by atoms with Crippen LogP contribution in [0.4, 0.5) is 0 Å². The van der Waals surface area contributed by atoms with E-state index in [0.29, 0.717) is 12.1 Å². The average molecular weight is 247 g/mol. The van der Waals surface area contributed by atoms with Crippen molar-refractivity contribution >= 4 is 5.71 Å². The maximum atomic E-state index is 12.3. The zero-order valence-corrected chi connectivity index (χ0v) is 12.0. The van der Waals surface area contributed by atoms with Crippen LogP contribution in [0.5, 0.6) is 0 Å². The van der Waals surface area contributed by atoms with Crippen molar-refractivity contribution < 1.29 is 0 Å². The van der Waals surface area contributed by atoms with E-state index < -0.39 is 0 Å². The first kappa shape index (κ1) is 13.0. The normalized spacial score (nSPS) is 15.6. The second-order valence-corrected chi connectivity index (χ2v) is 6.90. The molecular weight excluding hydrogens is 226 g/mol. The minimum Gasteiger partial charge on any atom is -0.310 e. The SMILES string of the molecule is CC(C)(C)C1=NCc2nc(C(C)(C)C)[nH]c(=O)c21. The van der Waals surface area contributed by atoms with Gasteiger partial charge in [0.1, 0.15) is 5.82 Å². The number of rotatable bonds is 0. The molecule has 0 spiro atoms. The van der Waals surface area contributed by atoms with Crippen LogP contribution in [-0.4, -0.2) is 15.7 Å². The van der Waals surface area contributed by atoms with Crippen molar-refractivity contribution in [3.05, 3.63) is 27.4 Å². The Hall–Kier alpha value is -1.45. The van der Waals surface area contributed by atoms with E-state index in [1.807, 2.05) is 20.8 Å². The molecule has 0 fully saturated rings. The number of fused-ring (bicyclic) bond motifs is 1. The van der Waals surface area contributed by atoms with E-state index in [2.05, 4.69) is 35.7 Å². The number of aromatic amines is 1. The summed E-state index contributed by atoms with van der Waals surface area (Å²) in [6.45, 7) is 12.8. The fourth-order valence-corrected chi connectivity index (χ4v) is 2.08. The lowest BCUT2D eigenvalue weighted by Gasteiger charge is -2.20. The zero-order valence-electron chi connectivity index (χ0n) is 12.0. The van der Waals surface area contributed by atoms with Crippen molar-refractivity contribution in [2.24, 2.45) is 10.4 Å². The van der Waals surface area contributed by atoms with Crippen LogP contribution in [0.2, 0.25) is 0 Å². The molecule has 0 atom stereocenters. The van der Waals surface area contributed by atoms with E-state index in [1.54, 1.807) is 0 Å². The van der Waals surface area contributed by atoms with Gasteiger partial charge in [0, 0.05) is 10.8 Å². The third-order valence-corrected chi connectivity index (χ3v) is 3.04. The Morgan fingerprint density at radius 3 is 2.17 bits per heavy atom. The van der Waals surface area contributed by atoms with Gasteiger partial charge in [-0.3, -0.25) is 9.79 Å². The number of nitrogens with one attached hydrogen (secondary N) is 1. The van der Waals surface area contributed by atoms with E-state index in [1.165, 1.54) is 0 Å². The van der Waals surface area contributed by atoms with Crippen LogP contribution in [0.3, 0.4) is 0 Å². The van der Waals surface area contributed by atoms with Crippen LogP contribution in [0.15, 0.2) is 9.79 Å². The Kier molecular flexibility index (Phi) is 2.72. The molecule has 18 heavy (non-hydrogen) atoms. The van der Waals surface area contributed by atoms with Gasteiger partial charge in [-0.1, -0.05) is 41.5 Å². The first-order valence-electron chi connectivity index (χ1n) is 6.29.